The standard InChI is InChI=1S/C28H32F2N8O2S/c1-37-6-8-38(9-7-37)20-2-3-22(23(15-20)34-19-4-10-40-11-5-19)28(39)36-27(32)25-26(31)33-16-24(35-25)41-21-13-17(29)12-18(30)14-21/h2-3,12-16,19,34H,4-11H2,1H3,(H2,31,33)(H2,32,36,39). The first kappa shape index (κ1) is 28.7. The van der Waals surface area contributed by atoms with Crippen LogP contribution in [0.25, 0.3) is 0 Å². The number of rotatable bonds is 7. The molecule has 2 aromatic carbocycles. The molecule has 0 saturated carbocycles. The highest BCUT2D eigenvalue weighted by molar-refractivity contribution is 7.99. The van der Waals surface area contributed by atoms with Gasteiger partial charge in [0.15, 0.2) is 11.7 Å². The van der Waals surface area contributed by atoms with Crippen LogP contribution in [-0.2, 0) is 4.74 Å². The molecular formula is C28H32F2N8O2S. The predicted octanol–water partition coefficient (Wildman–Crippen LogP) is 3.59. The molecule has 13 heteroatoms. The molecule has 41 heavy (non-hydrogen) atoms. The van der Waals surface area contributed by atoms with Crippen molar-refractivity contribution in [3.63, 3.8) is 0 Å². The summed E-state index contributed by atoms with van der Waals surface area (Å²) >= 11 is 0.962. The minimum Gasteiger partial charge on any atom is -0.382 e. The smallest absolute Gasteiger partial charge is 0.258 e. The third kappa shape index (κ3) is 7.29. The van der Waals surface area contributed by atoms with E-state index in [0.717, 1.165) is 74.7 Å². The van der Waals surface area contributed by atoms with E-state index >= 15 is 0 Å². The van der Waals surface area contributed by atoms with Gasteiger partial charge in [-0.2, -0.15) is 0 Å². The third-order valence-corrected chi connectivity index (χ3v) is 7.89. The molecule has 0 atom stereocenters. The molecule has 0 spiro atoms. The maximum absolute atomic E-state index is 13.6. The number of halogens is 2. The summed E-state index contributed by atoms with van der Waals surface area (Å²) < 4.78 is 32.7. The number of nitrogens with two attached hydrogens (primary N) is 1. The first-order valence-electron chi connectivity index (χ1n) is 13.3. The number of carbonyl (C=O) groups is 1. The second kappa shape index (κ2) is 12.8. The number of nitrogens with one attached hydrogen (secondary N) is 3. The van der Waals surface area contributed by atoms with Crippen molar-refractivity contribution in [3.05, 3.63) is 65.5 Å². The molecule has 216 valence electrons. The lowest BCUT2D eigenvalue weighted by Crippen LogP contribution is -2.44. The molecule has 0 bridgehead atoms. The van der Waals surface area contributed by atoms with Crippen molar-refractivity contribution in [2.75, 3.05) is 62.4 Å². The normalized spacial score (nSPS) is 16.4. The van der Waals surface area contributed by atoms with Gasteiger partial charge in [0.25, 0.3) is 5.91 Å². The number of anilines is 3. The number of aromatic nitrogens is 2. The summed E-state index contributed by atoms with van der Waals surface area (Å²) in [6.45, 7) is 4.98. The van der Waals surface area contributed by atoms with Crippen LogP contribution in [0.2, 0.25) is 0 Å². The largest absolute Gasteiger partial charge is 0.382 e. The number of hydrogen-bond acceptors (Lipinski definition) is 10. The maximum Gasteiger partial charge on any atom is 0.258 e. The van der Waals surface area contributed by atoms with Crippen LogP contribution in [0.4, 0.5) is 26.0 Å². The molecule has 0 aliphatic carbocycles. The summed E-state index contributed by atoms with van der Waals surface area (Å²) in [7, 11) is 2.10. The Balaban J connectivity index is 1.35. The Morgan fingerprint density at radius 1 is 1.10 bits per heavy atom. The molecule has 3 aromatic rings. The lowest BCUT2D eigenvalue weighted by molar-refractivity contribution is 0.0904. The highest BCUT2D eigenvalue weighted by Gasteiger charge is 2.22. The number of benzene rings is 2. The number of nitrogens with zero attached hydrogens (tertiary/aromatic N) is 4. The van der Waals surface area contributed by atoms with Gasteiger partial charge in [0, 0.05) is 67.8 Å². The average molecular weight is 583 g/mol. The van der Waals surface area contributed by atoms with Crippen LogP contribution in [0, 0.1) is 17.0 Å². The first-order valence-corrected chi connectivity index (χ1v) is 14.2. The van der Waals surface area contributed by atoms with Crippen LogP contribution in [0.1, 0.15) is 28.9 Å². The number of likely N-dealkylation sites (N-methyl/N-ethyl adjacent to an activating group) is 1. The Hall–Kier alpha value is -3.81. The van der Waals surface area contributed by atoms with Crippen molar-refractivity contribution >= 4 is 40.7 Å². The zero-order valence-corrected chi connectivity index (χ0v) is 23.4. The van der Waals surface area contributed by atoms with Gasteiger partial charge in [-0.05, 0) is 50.2 Å². The van der Waals surface area contributed by atoms with Gasteiger partial charge in [-0.15, -0.1) is 0 Å². The Morgan fingerprint density at radius 2 is 1.80 bits per heavy atom. The highest BCUT2D eigenvalue weighted by Crippen LogP contribution is 2.29. The molecule has 5 rings (SSSR count). The van der Waals surface area contributed by atoms with Gasteiger partial charge in [-0.1, -0.05) is 11.8 Å². The summed E-state index contributed by atoms with van der Waals surface area (Å²) in [4.78, 5) is 26.7. The summed E-state index contributed by atoms with van der Waals surface area (Å²) in [5.74, 6) is -2.34. The zero-order chi connectivity index (χ0) is 28.9. The number of carbonyl (C=O) groups excluding carboxylic acids is 1. The van der Waals surface area contributed by atoms with Crippen molar-refractivity contribution < 1.29 is 18.3 Å². The van der Waals surface area contributed by atoms with E-state index in [1.807, 2.05) is 12.1 Å². The van der Waals surface area contributed by atoms with Gasteiger partial charge in [-0.3, -0.25) is 10.2 Å². The summed E-state index contributed by atoms with van der Waals surface area (Å²) in [6, 6.07) is 8.93. The van der Waals surface area contributed by atoms with Crippen molar-refractivity contribution in [1.29, 1.82) is 5.41 Å². The van der Waals surface area contributed by atoms with Gasteiger partial charge >= 0.3 is 0 Å². The van der Waals surface area contributed by atoms with E-state index < -0.39 is 17.5 Å². The number of piperazine rings is 1. The third-order valence-electron chi connectivity index (χ3n) is 7.01. The molecule has 5 N–H and O–H groups in total. The van der Waals surface area contributed by atoms with Gasteiger partial charge < -0.3 is 30.9 Å². The van der Waals surface area contributed by atoms with Gasteiger partial charge in [-0.25, -0.2) is 18.7 Å². The van der Waals surface area contributed by atoms with E-state index in [1.165, 1.54) is 6.20 Å². The van der Waals surface area contributed by atoms with Crippen LogP contribution in [0.5, 0.6) is 0 Å². The molecule has 2 saturated heterocycles. The Bertz CT molecular complexity index is 1410. The fourth-order valence-corrected chi connectivity index (χ4v) is 5.56. The molecule has 2 fully saturated rings. The second-order valence-electron chi connectivity index (χ2n) is 10.0. The van der Waals surface area contributed by atoms with Crippen LogP contribution in [-0.4, -0.2) is 79.1 Å². The van der Waals surface area contributed by atoms with Crippen LogP contribution >= 0.6 is 11.8 Å². The Labute approximate surface area is 241 Å². The van der Waals surface area contributed by atoms with Crippen LogP contribution < -0.4 is 21.3 Å². The summed E-state index contributed by atoms with van der Waals surface area (Å²) in [6.07, 6.45) is 2.98. The number of ether oxygens (including phenoxy) is 1. The van der Waals surface area contributed by atoms with E-state index in [-0.39, 0.29) is 33.3 Å². The van der Waals surface area contributed by atoms with Gasteiger partial charge in [0.1, 0.15) is 22.4 Å². The van der Waals surface area contributed by atoms with Crippen LogP contribution in [0.3, 0.4) is 0 Å². The maximum atomic E-state index is 13.6. The number of hydrogen-bond donors (Lipinski definition) is 4. The fourth-order valence-electron chi connectivity index (χ4n) is 4.74. The predicted molar refractivity (Wildman–Crippen MR) is 155 cm³/mol. The molecule has 3 heterocycles. The molecule has 2 aliphatic heterocycles. The lowest BCUT2D eigenvalue weighted by atomic mass is 10.1. The zero-order valence-electron chi connectivity index (χ0n) is 22.6. The number of amidine groups is 1. The molecule has 1 amide bonds. The fraction of sp³-hybridized carbons (Fsp3) is 0.357. The minimum absolute atomic E-state index is 0.0479. The monoisotopic (exact) mass is 582 g/mol. The van der Waals surface area contributed by atoms with Gasteiger partial charge in [0.2, 0.25) is 0 Å². The van der Waals surface area contributed by atoms with E-state index in [2.05, 4.69) is 37.4 Å². The van der Waals surface area contributed by atoms with Crippen molar-refractivity contribution in [2.45, 2.75) is 28.8 Å². The highest BCUT2D eigenvalue weighted by atomic mass is 32.2. The second-order valence-corrected chi connectivity index (χ2v) is 11.1. The summed E-state index contributed by atoms with van der Waals surface area (Å²) in [5, 5.41) is 14.9. The van der Waals surface area contributed by atoms with E-state index in [0.29, 0.717) is 24.5 Å². The average Bonchev–Trinajstić information content (AvgIpc) is 2.94. The quantitative estimate of drug-likeness (QED) is 0.244. The van der Waals surface area contributed by atoms with Gasteiger partial charge in [0.05, 0.1) is 11.8 Å². The van der Waals surface area contributed by atoms with E-state index in [9.17, 15) is 13.6 Å². The molecule has 0 radical (unpaired) electrons. The van der Waals surface area contributed by atoms with Crippen molar-refractivity contribution in [2.24, 2.45) is 0 Å². The minimum atomic E-state index is -0.722. The Morgan fingerprint density at radius 3 is 2.51 bits per heavy atom. The lowest BCUT2D eigenvalue weighted by Gasteiger charge is -2.34. The van der Waals surface area contributed by atoms with E-state index in [1.54, 1.807) is 6.07 Å². The van der Waals surface area contributed by atoms with Crippen LogP contribution in [0.15, 0.2) is 52.5 Å². The van der Waals surface area contributed by atoms with Crippen molar-refractivity contribution in [1.82, 2.24) is 20.2 Å². The number of amides is 1. The Kier molecular flexibility index (Phi) is 8.96. The molecule has 1 aromatic heterocycles. The molecule has 2 aliphatic rings. The SMILES string of the molecule is CN1CCN(c2ccc(C(=O)NC(=N)c3nc(Sc4cc(F)cc(F)c4)cnc3N)c(NC3CCOCC3)c2)CC1. The first-order chi connectivity index (χ1) is 19.7. The summed E-state index contributed by atoms with van der Waals surface area (Å²) in [5.41, 5.74) is 8.01. The molecule has 0 unspecified atom stereocenters. The topological polar surface area (TPSA) is 132 Å². The van der Waals surface area contributed by atoms with E-state index in [4.69, 9.17) is 15.9 Å². The molecule has 10 nitrogen and oxygen atoms in total. The van der Waals surface area contributed by atoms with Crippen molar-refractivity contribution in [3.8, 4) is 0 Å². The number of nitrogen functional groups attached to an aromatic ring is 1. The molecular weight excluding hydrogens is 550 g/mol.